The summed E-state index contributed by atoms with van der Waals surface area (Å²) in [5.74, 6) is -0.783. The van der Waals surface area contributed by atoms with Crippen molar-refractivity contribution in [3.63, 3.8) is 0 Å². The van der Waals surface area contributed by atoms with Gasteiger partial charge in [-0.05, 0) is 13.0 Å². The fraction of sp³-hybridized carbons (Fsp3) is 0.333. The van der Waals surface area contributed by atoms with Gasteiger partial charge in [-0.25, -0.2) is 4.79 Å². The van der Waals surface area contributed by atoms with Crippen molar-refractivity contribution in [3.05, 3.63) is 36.0 Å². The molecule has 0 aliphatic rings. The minimum atomic E-state index is -1.21. The Morgan fingerprint density at radius 1 is 1.30 bits per heavy atom. The van der Waals surface area contributed by atoms with Crippen LogP contribution >= 0.6 is 0 Å². The molecule has 0 bridgehead atoms. The van der Waals surface area contributed by atoms with Crippen LogP contribution in [0.4, 0.5) is 0 Å². The fourth-order valence-corrected chi connectivity index (χ4v) is 2.52. The average Bonchev–Trinajstić information content (AvgIpc) is 2.75. The van der Waals surface area contributed by atoms with E-state index in [2.05, 4.69) is 5.32 Å². The number of ether oxygens (including phenoxy) is 1. The zero-order valence-electron chi connectivity index (χ0n) is 12.1. The van der Waals surface area contributed by atoms with Gasteiger partial charge in [0.1, 0.15) is 0 Å². The molecule has 1 atom stereocenters. The first-order valence-corrected chi connectivity index (χ1v) is 6.32. The minimum Gasteiger partial charge on any atom is -0.467 e. The second-order valence-electron chi connectivity index (χ2n) is 4.97. The van der Waals surface area contributed by atoms with Crippen LogP contribution in [-0.2, 0) is 26.9 Å². The number of nitrogens with zero attached hydrogens (tertiary/aromatic N) is 1. The Kier molecular flexibility index (Phi) is 3.53. The number of carbonyl (C=O) groups is 2. The summed E-state index contributed by atoms with van der Waals surface area (Å²) in [6, 6.07) is 7.72. The molecule has 0 saturated heterocycles. The predicted molar refractivity (Wildman–Crippen MR) is 76.1 cm³/mol. The maximum absolute atomic E-state index is 12.2. The van der Waals surface area contributed by atoms with Crippen LogP contribution in [0.15, 0.2) is 30.5 Å². The summed E-state index contributed by atoms with van der Waals surface area (Å²) in [6.45, 7) is 3.04. The first kappa shape index (κ1) is 14.1. The maximum atomic E-state index is 12.2. The van der Waals surface area contributed by atoms with E-state index in [1.165, 1.54) is 14.0 Å². The largest absolute Gasteiger partial charge is 0.467 e. The fourth-order valence-electron chi connectivity index (χ4n) is 2.52. The molecule has 0 saturated carbocycles. The highest BCUT2D eigenvalue weighted by molar-refractivity contribution is 5.95. The van der Waals surface area contributed by atoms with Crippen molar-refractivity contribution in [2.24, 2.45) is 7.05 Å². The van der Waals surface area contributed by atoms with Gasteiger partial charge in [-0.3, -0.25) is 4.79 Å². The molecule has 0 aliphatic carbocycles. The van der Waals surface area contributed by atoms with E-state index in [0.29, 0.717) is 0 Å². The van der Waals surface area contributed by atoms with E-state index in [1.54, 1.807) is 6.92 Å². The molecule has 1 heterocycles. The van der Waals surface area contributed by atoms with Crippen molar-refractivity contribution in [2.75, 3.05) is 7.11 Å². The third-order valence-corrected chi connectivity index (χ3v) is 3.46. The molecule has 1 aromatic heterocycles. The van der Waals surface area contributed by atoms with Gasteiger partial charge in [-0.15, -0.1) is 0 Å². The summed E-state index contributed by atoms with van der Waals surface area (Å²) >= 11 is 0. The number of aromatic nitrogens is 1. The Hall–Kier alpha value is -2.30. The summed E-state index contributed by atoms with van der Waals surface area (Å²) in [5.41, 5.74) is 0.502. The zero-order chi connectivity index (χ0) is 14.9. The van der Waals surface area contributed by atoms with Gasteiger partial charge in [0.2, 0.25) is 5.91 Å². The van der Waals surface area contributed by atoms with Gasteiger partial charge in [0, 0.05) is 36.6 Å². The molecule has 0 radical (unpaired) electrons. The van der Waals surface area contributed by atoms with Gasteiger partial charge in [-0.2, -0.15) is 0 Å². The third kappa shape index (κ3) is 2.15. The molecule has 5 nitrogen and oxygen atoms in total. The standard InChI is InChI=1S/C15H18N2O3/c1-10(18)16-15(2,14(19)20-4)12-9-17(3)13-8-6-5-7-11(12)13/h5-9H,1-4H3,(H,16,18). The van der Waals surface area contributed by atoms with Gasteiger partial charge in [0.25, 0.3) is 0 Å². The topological polar surface area (TPSA) is 60.3 Å². The molecule has 0 fully saturated rings. The number of hydrogen-bond donors (Lipinski definition) is 1. The highest BCUT2D eigenvalue weighted by Crippen LogP contribution is 2.31. The number of nitrogens with one attached hydrogen (secondary N) is 1. The molecule has 106 valence electrons. The molecule has 1 amide bonds. The van der Waals surface area contributed by atoms with Crippen LogP contribution < -0.4 is 5.32 Å². The molecule has 1 unspecified atom stereocenters. The van der Waals surface area contributed by atoms with Crippen LogP contribution in [-0.4, -0.2) is 23.6 Å². The quantitative estimate of drug-likeness (QED) is 0.867. The van der Waals surface area contributed by atoms with Crippen molar-refractivity contribution < 1.29 is 14.3 Å². The van der Waals surface area contributed by atoms with Crippen molar-refractivity contribution >= 4 is 22.8 Å². The normalized spacial score (nSPS) is 13.8. The number of methoxy groups -OCH3 is 1. The molecular formula is C15H18N2O3. The van der Waals surface area contributed by atoms with Crippen LogP contribution in [0.5, 0.6) is 0 Å². The minimum absolute atomic E-state index is 0.286. The number of amides is 1. The Morgan fingerprint density at radius 3 is 2.55 bits per heavy atom. The van der Waals surface area contributed by atoms with Gasteiger partial charge in [0.05, 0.1) is 7.11 Å². The van der Waals surface area contributed by atoms with Crippen LogP contribution in [0.2, 0.25) is 0 Å². The van der Waals surface area contributed by atoms with Crippen molar-refractivity contribution in [1.82, 2.24) is 9.88 Å². The lowest BCUT2D eigenvalue weighted by molar-refractivity contribution is -0.150. The Bertz CT molecular complexity index is 675. The SMILES string of the molecule is COC(=O)C(C)(NC(C)=O)c1cn(C)c2ccccc12. The number of para-hydroxylation sites is 1. The predicted octanol–water partition coefficient (Wildman–Crippen LogP) is 1.70. The van der Waals surface area contributed by atoms with Crippen molar-refractivity contribution in [1.29, 1.82) is 0 Å². The Morgan fingerprint density at radius 2 is 1.95 bits per heavy atom. The van der Waals surface area contributed by atoms with Crippen molar-refractivity contribution in [2.45, 2.75) is 19.4 Å². The van der Waals surface area contributed by atoms with Crippen molar-refractivity contribution in [3.8, 4) is 0 Å². The lowest BCUT2D eigenvalue weighted by atomic mass is 9.91. The van der Waals surface area contributed by atoms with E-state index in [-0.39, 0.29) is 5.91 Å². The number of benzene rings is 1. The van der Waals surface area contributed by atoms with Gasteiger partial charge in [-0.1, -0.05) is 18.2 Å². The first-order valence-electron chi connectivity index (χ1n) is 6.32. The lowest BCUT2D eigenvalue weighted by Crippen LogP contribution is -2.49. The lowest BCUT2D eigenvalue weighted by Gasteiger charge is -2.27. The molecule has 20 heavy (non-hydrogen) atoms. The zero-order valence-corrected chi connectivity index (χ0v) is 12.1. The summed E-state index contributed by atoms with van der Waals surface area (Å²) in [5, 5.41) is 3.62. The smallest absolute Gasteiger partial charge is 0.336 e. The Balaban J connectivity index is 2.69. The second kappa shape index (κ2) is 5.00. The summed E-state index contributed by atoms with van der Waals surface area (Å²) in [6.07, 6.45) is 1.84. The number of hydrogen-bond acceptors (Lipinski definition) is 3. The van der Waals surface area contributed by atoms with Gasteiger partial charge >= 0.3 is 5.97 Å². The molecule has 1 aromatic carbocycles. The summed E-state index contributed by atoms with van der Waals surface area (Å²) < 4.78 is 6.79. The molecule has 2 rings (SSSR count). The maximum Gasteiger partial charge on any atom is 0.336 e. The van der Waals surface area contributed by atoms with Gasteiger partial charge in [0.15, 0.2) is 5.54 Å². The molecular weight excluding hydrogens is 256 g/mol. The number of carbonyl (C=O) groups excluding carboxylic acids is 2. The van der Waals surface area contributed by atoms with E-state index < -0.39 is 11.5 Å². The Labute approximate surface area is 117 Å². The molecule has 1 N–H and O–H groups in total. The van der Waals surface area contributed by atoms with Crippen LogP contribution in [0.1, 0.15) is 19.4 Å². The third-order valence-electron chi connectivity index (χ3n) is 3.46. The number of aryl methyl sites for hydroxylation is 1. The second-order valence-corrected chi connectivity index (χ2v) is 4.97. The molecule has 5 heteroatoms. The van der Waals surface area contributed by atoms with Gasteiger partial charge < -0.3 is 14.6 Å². The first-order chi connectivity index (χ1) is 9.40. The van der Waals surface area contributed by atoms with Crippen LogP contribution in [0.25, 0.3) is 10.9 Å². The van der Waals surface area contributed by atoms with E-state index >= 15 is 0 Å². The molecule has 0 aliphatic heterocycles. The van der Waals surface area contributed by atoms with Crippen LogP contribution in [0, 0.1) is 0 Å². The highest BCUT2D eigenvalue weighted by Gasteiger charge is 2.39. The number of fused-ring (bicyclic) bond motifs is 1. The van der Waals surface area contributed by atoms with E-state index in [9.17, 15) is 9.59 Å². The molecule has 0 spiro atoms. The number of rotatable bonds is 3. The monoisotopic (exact) mass is 274 g/mol. The van der Waals surface area contributed by atoms with E-state index in [1.807, 2.05) is 42.1 Å². The molecule has 2 aromatic rings. The van der Waals surface area contributed by atoms with E-state index in [0.717, 1.165) is 16.5 Å². The van der Waals surface area contributed by atoms with Crippen LogP contribution in [0.3, 0.4) is 0 Å². The summed E-state index contributed by atoms with van der Waals surface area (Å²) in [4.78, 5) is 23.6. The van der Waals surface area contributed by atoms with E-state index in [4.69, 9.17) is 4.74 Å². The average molecular weight is 274 g/mol. The summed E-state index contributed by atoms with van der Waals surface area (Å²) in [7, 11) is 3.21. The highest BCUT2D eigenvalue weighted by atomic mass is 16.5. The number of esters is 1.